The van der Waals surface area contributed by atoms with Crippen molar-refractivity contribution in [2.24, 2.45) is 0 Å². The number of nitrogens with zero attached hydrogens (tertiary/aromatic N) is 4. The number of hydrogen-bond donors (Lipinski definition) is 1. The molecule has 4 rings (SSSR count). The molecule has 1 aromatic heterocycles. The number of pyridine rings is 1. The number of thiocarbonyl (C=S) groups is 1. The van der Waals surface area contributed by atoms with Crippen molar-refractivity contribution in [3.63, 3.8) is 0 Å². The second kappa shape index (κ2) is 8.81. The molecule has 3 heterocycles. The molecule has 0 spiro atoms. The minimum absolute atomic E-state index is 0.268. The summed E-state index contributed by atoms with van der Waals surface area (Å²) in [6.45, 7) is 9.95. The van der Waals surface area contributed by atoms with Gasteiger partial charge in [-0.05, 0) is 50.2 Å². The maximum absolute atomic E-state index is 10.0. The first-order chi connectivity index (χ1) is 14.9. The predicted molar refractivity (Wildman–Crippen MR) is 127 cm³/mol. The SMILES string of the molecule is CCc1nc(N2CCN(C(=S)Nc3ccccc3)CC2)c(C#N)c2c1COC(C)(C)C2. The van der Waals surface area contributed by atoms with Gasteiger partial charge in [0.25, 0.3) is 0 Å². The van der Waals surface area contributed by atoms with Gasteiger partial charge in [-0.25, -0.2) is 4.98 Å². The van der Waals surface area contributed by atoms with E-state index in [9.17, 15) is 5.26 Å². The van der Waals surface area contributed by atoms with Gasteiger partial charge in [0.15, 0.2) is 5.11 Å². The van der Waals surface area contributed by atoms with Crippen molar-refractivity contribution >= 4 is 28.8 Å². The molecule has 162 valence electrons. The third-order valence-electron chi connectivity index (χ3n) is 6.03. The van der Waals surface area contributed by atoms with E-state index >= 15 is 0 Å². The molecule has 0 amide bonds. The second-order valence-corrected chi connectivity index (χ2v) is 9.06. The molecule has 1 saturated heterocycles. The van der Waals surface area contributed by atoms with Crippen molar-refractivity contribution in [2.45, 2.75) is 45.8 Å². The summed E-state index contributed by atoms with van der Waals surface area (Å²) < 4.78 is 6.02. The van der Waals surface area contributed by atoms with Gasteiger partial charge in [-0.3, -0.25) is 0 Å². The van der Waals surface area contributed by atoms with Gasteiger partial charge >= 0.3 is 0 Å². The van der Waals surface area contributed by atoms with Crippen LogP contribution in [0.5, 0.6) is 0 Å². The van der Waals surface area contributed by atoms with E-state index in [0.717, 1.165) is 72.5 Å². The van der Waals surface area contributed by atoms with Gasteiger partial charge in [-0.1, -0.05) is 25.1 Å². The Morgan fingerprint density at radius 2 is 1.90 bits per heavy atom. The molecule has 0 unspecified atom stereocenters. The van der Waals surface area contributed by atoms with Gasteiger partial charge in [-0.2, -0.15) is 5.26 Å². The maximum atomic E-state index is 10.0. The Balaban J connectivity index is 1.53. The van der Waals surface area contributed by atoms with Crippen molar-refractivity contribution in [3.8, 4) is 6.07 Å². The number of piperazine rings is 1. The van der Waals surface area contributed by atoms with Crippen molar-refractivity contribution in [3.05, 3.63) is 52.7 Å². The summed E-state index contributed by atoms with van der Waals surface area (Å²) in [7, 11) is 0. The summed E-state index contributed by atoms with van der Waals surface area (Å²) in [5, 5.41) is 14.1. The van der Waals surface area contributed by atoms with E-state index in [-0.39, 0.29) is 5.60 Å². The van der Waals surface area contributed by atoms with Crippen LogP contribution >= 0.6 is 12.2 Å². The van der Waals surface area contributed by atoms with Crippen LogP contribution in [0.1, 0.15) is 43.2 Å². The molecule has 0 saturated carbocycles. The van der Waals surface area contributed by atoms with Crippen LogP contribution in [0.3, 0.4) is 0 Å². The number of ether oxygens (including phenoxy) is 1. The van der Waals surface area contributed by atoms with Crippen LogP contribution in [0.25, 0.3) is 0 Å². The lowest BCUT2D eigenvalue weighted by Gasteiger charge is -2.39. The summed E-state index contributed by atoms with van der Waals surface area (Å²) in [6, 6.07) is 12.5. The fraction of sp³-hybridized carbons (Fsp3) is 0.458. The van der Waals surface area contributed by atoms with E-state index in [1.807, 2.05) is 30.3 Å². The standard InChI is InChI=1S/C24H29N5OS/c1-4-21-20-16-30-24(2,3)14-18(20)19(15-25)22(27-21)28-10-12-29(13-11-28)23(31)26-17-8-6-5-7-9-17/h5-9H,4,10-14,16H2,1-3H3,(H,26,31). The molecule has 7 heteroatoms. The summed E-state index contributed by atoms with van der Waals surface area (Å²) in [5.41, 5.74) is 4.70. The van der Waals surface area contributed by atoms with Crippen LogP contribution in [0, 0.1) is 11.3 Å². The maximum Gasteiger partial charge on any atom is 0.173 e. The van der Waals surface area contributed by atoms with Gasteiger partial charge in [0, 0.05) is 49.5 Å². The minimum atomic E-state index is -0.268. The van der Waals surface area contributed by atoms with Crippen LogP contribution in [0.4, 0.5) is 11.5 Å². The summed E-state index contributed by atoms with van der Waals surface area (Å²) in [6.07, 6.45) is 1.56. The minimum Gasteiger partial charge on any atom is -0.370 e. The molecule has 1 fully saturated rings. The third-order valence-corrected chi connectivity index (χ3v) is 6.39. The Morgan fingerprint density at radius 3 is 2.55 bits per heavy atom. The lowest BCUT2D eigenvalue weighted by Crippen LogP contribution is -2.50. The monoisotopic (exact) mass is 435 g/mol. The predicted octanol–water partition coefficient (Wildman–Crippen LogP) is 3.89. The number of aromatic nitrogens is 1. The number of nitriles is 1. The lowest BCUT2D eigenvalue weighted by atomic mass is 9.87. The number of nitrogens with one attached hydrogen (secondary N) is 1. The molecule has 0 aliphatic carbocycles. The topological polar surface area (TPSA) is 64.4 Å². The first kappa shape index (κ1) is 21.5. The molecule has 0 bridgehead atoms. The van der Waals surface area contributed by atoms with Crippen LogP contribution in [-0.2, 0) is 24.2 Å². The molecule has 2 aromatic rings. The van der Waals surface area contributed by atoms with Gasteiger partial charge < -0.3 is 19.9 Å². The lowest BCUT2D eigenvalue weighted by molar-refractivity contribution is -0.0406. The Morgan fingerprint density at radius 1 is 1.19 bits per heavy atom. The Hall–Kier alpha value is -2.69. The van der Waals surface area contributed by atoms with Crippen LogP contribution in [-0.4, -0.2) is 46.8 Å². The highest BCUT2D eigenvalue weighted by atomic mass is 32.1. The average Bonchev–Trinajstić information content (AvgIpc) is 2.78. The van der Waals surface area contributed by atoms with Crippen molar-refractivity contribution in [1.29, 1.82) is 5.26 Å². The molecule has 1 aromatic carbocycles. The smallest absolute Gasteiger partial charge is 0.173 e. The van der Waals surface area contributed by atoms with Crippen LogP contribution in [0.2, 0.25) is 0 Å². The van der Waals surface area contributed by atoms with Crippen LogP contribution < -0.4 is 10.2 Å². The van der Waals surface area contributed by atoms with Gasteiger partial charge in [-0.15, -0.1) is 0 Å². The Kier molecular flexibility index (Phi) is 6.12. The highest BCUT2D eigenvalue weighted by molar-refractivity contribution is 7.80. The zero-order chi connectivity index (χ0) is 22.0. The molecule has 2 aliphatic rings. The summed E-state index contributed by atoms with van der Waals surface area (Å²) >= 11 is 5.62. The second-order valence-electron chi connectivity index (χ2n) is 8.67. The van der Waals surface area contributed by atoms with Crippen molar-refractivity contribution in [2.75, 3.05) is 36.4 Å². The van der Waals surface area contributed by atoms with Gasteiger partial charge in [0.2, 0.25) is 0 Å². The Labute approximate surface area is 189 Å². The highest BCUT2D eigenvalue weighted by Crippen LogP contribution is 2.35. The highest BCUT2D eigenvalue weighted by Gasteiger charge is 2.33. The van der Waals surface area contributed by atoms with E-state index in [1.54, 1.807) is 0 Å². The number of anilines is 2. The van der Waals surface area contributed by atoms with E-state index < -0.39 is 0 Å². The first-order valence-corrected chi connectivity index (χ1v) is 11.3. The average molecular weight is 436 g/mol. The zero-order valence-electron chi connectivity index (χ0n) is 18.4. The molecule has 0 radical (unpaired) electrons. The molecule has 1 N–H and O–H groups in total. The van der Waals surface area contributed by atoms with E-state index in [0.29, 0.717) is 12.2 Å². The Bertz CT molecular complexity index is 1010. The fourth-order valence-corrected chi connectivity index (χ4v) is 4.61. The number of aryl methyl sites for hydroxylation is 1. The quantitative estimate of drug-likeness (QED) is 0.734. The number of para-hydroxylation sites is 1. The third kappa shape index (κ3) is 4.51. The molecule has 31 heavy (non-hydrogen) atoms. The number of hydrogen-bond acceptors (Lipinski definition) is 5. The summed E-state index contributed by atoms with van der Waals surface area (Å²) in [4.78, 5) is 9.36. The summed E-state index contributed by atoms with van der Waals surface area (Å²) in [5.74, 6) is 0.817. The number of benzene rings is 1. The number of fused-ring (bicyclic) bond motifs is 1. The zero-order valence-corrected chi connectivity index (χ0v) is 19.3. The first-order valence-electron chi connectivity index (χ1n) is 10.9. The normalized spacial score (nSPS) is 17.6. The molecular formula is C24H29N5OS. The van der Waals surface area contributed by atoms with E-state index in [4.69, 9.17) is 21.9 Å². The largest absolute Gasteiger partial charge is 0.370 e. The van der Waals surface area contributed by atoms with Crippen molar-refractivity contribution < 1.29 is 4.74 Å². The molecule has 6 nitrogen and oxygen atoms in total. The van der Waals surface area contributed by atoms with Crippen molar-refractivity contribution in [1.82, 2.24) is 9.88 Å². The van der Waals surface area contributed by atoms with Gasteiger partial charge in [0.1, 0.15) is 11.9 Å². The number of rotatable bonds is 3. The van der Waals surface area contributed by atoms with E-state index in [2.05, 4.69) is 42.0 Å². The fourth-order valence-electron chi connectivity index (χ4n) is 4.31. The molecular weight excluding hydrogens is 406 g/mol. The van der Waals surface area contributed by atoms with Gasteiger partial charge in [0.05, 0.1) is 17.8 Å². The molecule has 0 atom stereocenters. The molecule has 2 aliphatic heterocycles. The van der Waals surface area contributed by atoms with E-state index in [1.165, 1.54) is 0 Å². The van der Waals surface area contributed by atoms with Crippen LogP contribution in [0.15, 0.2) is 30.3 Å².